The highest BCUT2D eigenvalue weighted by molar-refractivity contribution is 7.89. The van der Waals surface area contributed by atoms with Crippen LogP contribution in [0.2, 0.25) is 5.02 Å². The summed E-state index contributed by atoms with van der Waals surface area (Å²) in [5, 5.41) is 3.74. The third-order valence-corrected chi connectivity index (χ3v) is 9.53. The minimum atomic E-state index is -3.87. The highest BCUT2D eigenvalue weighted by Gasteiger charge is 2.40. The van der Waals surface area contributed by atoms with E-state index in [4.69, 9.17) is 16.3 Å². The molecule has 1 saturated heterocycles. The summed E-state index contributed by atoms with van der Waals surface area (Å²) < 4.78 is 33.0. The van der Waals surface area contributed by atoms with Crippen LogP contribution in [-0.2, 0) is 32.5 Å². The predicted molar refractivity (Wildman–Crippen MR) is 132 cm³/mol. The normalized spacial score (nSPS) is 19.1. The van der Waals surface area contributed by atoms with Crippen molar-refractivity contribution < 1.29 is 22.7 Å². The van der Waals surface area contributed by atoms with Gasteiger partial charge in [-0.2, -0.15) is 4.31 Å². The SMILES string of the molecule is CCOC(=O)c1c(NC(=O)C2CCCN2S(=O)(=O)c2ccc(Cl)cc2)sc2c1CCN(CC)C2. The summed E-state index contributed by atoms with van der Waals surface area (Å²) in [6.45, 7) is 6.74. The molecule has 184 valence electrons. The summed E-state index contributed by atoms with van der Waals surface area (Å²) in [7, 11) is -3.87. The number of carbonyl (C=O) groups is 2. The molecule has 0 aliphatic carbocycles. The standard InChI is InChI=1S/C23H28ClN3O5S2/c1-3-26-13-11-17-19(14-26)33-22(20(17)23(29)32-4-2)25-21(28)18-6-5-12-27(18)34(30,31)16-9-7-15(24)8-10-16/h7-10,18H,3-6,11-14H2,1-2H3,(H,25,28). The average Bonchev–Trinajstić information content (AvgIpc) is 3.44. The lowest BCUT2D eigenvalue weighted by atomic mass is 10.0. The van der Waals surface area contributed by atoms with Gasteiger partial charge in [-0.05, 0) is 62.6 Å². The monoisotopic (exact) mass is 525 g/mol. The third kappa shape index (κ3) is 4.87. The molecule has 0 bridgehead atoms. The van der Waals surface area contributed by atoms with Gasteiger partial charge in [0, 0.05) is 29.5 Å². The van der Waals surface area contributed by atoms with Gasteiger partial charge in [0.25, 0.3) is 0 Å². The largest absolute Gasteiger partial charge is 0.462 e. The number of carbonyl (C=O) groups excluding carboxylic acids is 2. The van der Waals surface area contributed by atoms with Crippen molar-refractivity contribution >= 4 is 49.8 Å². The van der Waals surface area contributed by atoms with E-state index in [9.17, 15) is 18.0 Å². The van der Waals surface area contributed by atoms with E-state index in [2.05, 4.69) is 17.1 Å². The molecule has 4 rings (SSSR count). The highest BCUT2D eigenvalue weighted by atomic mass is 35.5. The van der Waals surface area contributed by atoms with Crippen molar-refractivity contribution in [3.8, 4) is 0 Å². The van der Waals surface area contributed by atoms with Gasteiger partial charge in [-0.1, -0.05) is 18.5 Å². The van der Waals surface area contributed by atoms with Crippen molar-refractivity contribution in [1.82, 2.24) is 9.21 Å². The lowest BCUT2D eigenvalue weighted by Gasteiger charge is -2.25. The summed E-state index contributed by atoms with van der Waals surface area (Å²) in [6.07, 6.45) is 1.67. The molecule has 1 fully saturated rings. The molecule has 1 atom stereocenters. The van der Waals surface area contributed by atoms with Crippen LogP contribution in [0.25, 0.3) is 0 Å². The zero-order chi connectivity index (χ0) is 24.5. The van der Waals surface area contributed by atoms with Crippen LogP contribution in [0.1, 0.15) is 47.5 Å². The second-order valence-corrected chi connectivity index (χ2v) is 11.7. The Morgan fingerprint density at radius 2 is 1.94 bits per heavy atom. The Labute approximate surface area is 208 Å². The molecule has 3 heterocycles. The minimum Gasteiger partial charge on any atom is -0.462 e. The predicted octanol–water partition coefficient (Wildman–Crippen LogP) is 3.75. The minimum absolute atomic E-state index is 0.0926. The molecule has 8 nitrogen and oxygen atoms in total. The number of amides is 1. The van der Waals surface area contributed by atoms with Gasteiger partial charge >= 0.3 is 5.97 Å². The van der Waals surface area contributed by atoms with Crippen LogP contribution < -0.4 is 5.32 Å². The number of nitrogens with one attached hydrogen (secondary N) is 1. The quantitative estimate of drug-likeness (QED) is 0.553. The number of fused-ring (bicyclic) bond motifs is 1. The molecule has 0 saturated carbocycles. The van der Waals surface area contributed by atoms with Crippen molar-refractivity contribution in [1.29, 1.82) is 0 Å². The zero-order valence-electron chi connectivity index (χ0n) is 19.2. The Morgan fingerprint density at radius 1 is 1.21 bits per heavy atom. The molecule has 1 aromatic carbocycles. The second-order valence-electron chi connectivity index (χ2n) is 8.26. The number of halogens is 1. The second kappa shape index (κ2) is 10.3. The maximum atomic E-state index is 13.3. The van der Waals surface area contributed by atoms with Gasteiger partial charge in [0.1, 0.15) is 11.0 Å². The van der Waals surface area contributed by atoms with Crippen LogP contribution in [0.3, 0.4) is 0 Å². The number of hydrogen-bond acceptors (Lipinski definition) is 7. The molecule has 0 radical (unpaired) electrons. The first kappa shape index (κ1) is 25.1. The van der Waals surface area contributed by atoms with E-state index < -0.39 is 27.9 Å². The Hall–Kier alpha value is -1.98. The maximum Gasteiger partial charge on any atom is 0.341 e. The smallest absolute Gasteiger partial charge is 0.341 e. The van der Waals surface area contributed by atoms with Crippen LogP contribution in [0.5, 0.6) is 0 Å². The molecular weight excluding hydrogens is 498 g/mol. The molecule has 0 spiro atoms. The van der Waals surface area contributed by atoms with Gasteiger partial charge in [0.05, 0.1) is 17.1 Å². The number of ether oxygens (including phenoxy) is 1. The zero-order valence-corrected chi connectivity index (χ0v) is 21.6. The number of nitrogens with zero attached hydrogens (tertiary/aromatic N) is 2. The number of rotatable bonds is 7. The number of thiophene rings is 1. The van der Waals surface area contributed by atoms with E-state index in [1.54, 1.807) is 6.92 Å². The first-order chi connectivity index (χ1) is 16.3. The Kier molecular flexibility index (Phi) is 7.63. The summed E-state index contributed by atoms with van der Waals surface area (Å²) >= 11 is 7.27. The van der Waals surface area contributed by atoms with Gasteiger partial charge < -0.3 is 10.1 Å². The molecule has 1 unspecified atom stereocenters. The summed E-state index contributed by atoms with van der Waals surface area (Å²) in [5.41, 5.74) is 1.32. The fraction of sp³-hybridized carbons (Fsp3) is 0.478. The number of likely N-dealkylation sites (N-methyl/N-ethyl adjacent to an activating group) is 1. The van der Waals surface area contributed by atoms with E-state index in [0.29, 0.717) is 41.4 Å². The molecule has 1 amide bonds. The van der Waals surface area contributed by atoms with Crippen molar-refractivity contribution in [3.63, 3.8) is 0 Å². The van der Waals surface area contributed by atoms with Crippen LogP contribution in [-0.4, -0.2) is 61.8 Å². The van der Waals surface area contributed by atoms with Crippen LogP contribution >= 0.6 is 22.9 Å². The molecular formula is C23H28ClN3O5S2. The number of sulfonamides is 1. The first-order valence-electron chi connectivity index (χ1n) is 11.4. The fourth-order valence-electron chi connectivity index (χ4n) is 4.46. The number of anilines is 1. The first-order valence-corrected chi connectivity index (χ1v) is 14.0. The van der Waals surface area contributed by atoms with Crippen LogP contribution in [0.4, 0.5) is 5.00 Å². The van der Waals surface area contributed by atoms with E-state index >= 15 is 0 Å². The van der Waals surface area contributed by atoms with E-state index in [0.717, 1.165) is 23.5 Å². The molecule has 11 heteroatoms. The molecule has 1 N–H and O–H groups in total. The van der Waals surface area contributed by atoms with Gasteiger partial charge in [0.15, 0.2) is 0 Å². The van der Waals surface area contributed by atoms with E-state index in [-0.39, 0.29) is 18.0 Å². The summed E-state index contributed by atoms with van der Waals surface area (Å²) in [4.78, 5) is 29.5. The topological polar surface area (TPSA) is 96.0 Å². The Bertz CT molecular complexity index is 1180. The van der Waals surface area contributed by atoms with Crippen LogP contribution in [0, 0.1) is 0 Å². The lowest BCUT2D eigenvalue weighted by Crippen LogP contribution is -2.43. The Morgan fingerprint density at radius 3 is 2.62 bits per heavy atom. The Balaban J connectivity index is 1.61. The summed E-state index contributed by atoms with van der Waals surface area (Å²) in [6, 6.07) is 5.05. The van der Waals surface area contributed by atoms with Gasteiger partial charge in [0.2, 0.25) is 15.9 Å². The molecule has 34 heavy (non-hydrogen) atoms. The van der Waals surface area contributed by atoms with Gasteiger partial charge in [-0.15, -0.1) is 11.3 Å². The fourth-order valence-corrected chi connectivity index (χ4v) is 7.52. The maximum absolute atomic E-state index is 13.3. The third-order valence-electron chi connectivity index (χ3n) is 6.23. The highest BCUT2D eigenvalue weighted by Crippen LogP contribution is 2.38. The number of hydrogen-bond donors (Lipinski definition) is 1. The van der Waals surface area contributed by atoms with Crippen molar-refractivity contribution in [2.75, 3.05) is 31.6 Å². The number of benzene rings is 1. The summed E-state index contributed by atoms with van der Waals surface area (Å²) in [5.74, 6) is -0.899. The van der Waals surface area contributed by atoms with Crippen molar-refractivity contribution in [2.45, 2.75) is 50.6 Å². The van der Waals surface area contributed by atoms with E-state index in [1.165, 1.54) is 39.9 Å². The van der Waals surface area contributed by atoms with Crippen LogP contribution in [0.15, 0.2) is 29.2 Å². The van der Waals surface area contributed by atoms with Gasteiger partial charge in [-0.25, -0.2) is 13.2 Å². The molecule has 2 aromatic rings. The average molecular weight is 526 g/mol. The number of esters is 1. The molecule has 2 aliphatic heterocycles. The molecule has 1 aromatic heterocycles. The van der Waals surface area contributed by atoms with Crippen molar-refractivity contribution in [2.24, 2.45) is 0 Å². The molecule has 2 aliphatic rings. The van der Waals surface area contributed by atoms with Gasteiger partial charge in [-0.3, -0.25) is 9.69 Å². The van der Waals surface area contributed by atoms with E-state index in [1.807, 2.05) is 0 Å². The lowest BCUT2D eigenvalue weighted by molar-refractivity contribution is -0.119. The van der Waals surface area contributed by atoms with Crippen molar-refractivity contribution in [3.05, 3.63) is 45.3 Å².